The maximum atomic E-state index is 6.16. The molecule has 2 atom stereocenters. The molecule has 0 aromatic heterocycles. The summed E-state index contributed by atoms with van der Waals surface area (Å²) in [5.41, 5.74) is 2.47. The lowest BCUT2D eigenvalue weighted by Crippen LogP contribution is -2.22. The van der Waals surface area contributed by atoms with Crippen LogP contribution >= 0.6 is 0 Å². The van der Waals surface area contributed by atoms with Crippen LogP contribution in [0.2, 0.25) is 0 Å². The molecule has 1 aromatic rings. The molecular formula is C14H16O. The summed E-state index contributed by atoms with van der Waals surface area (Å²) in [6.45, 7) is 4.29. The van der Waals surface area contributed by atoms with Gasteiger partial charge in [0.05, 0.1) is 5.60 Å². The third-order valence-electron chi connectivity index (χ3n) is 3.65. The van der Waals surface area contributed by atoms with Crippen LogP contribution in [0, 0.1) is 6.92 Å². The molecule has 1 saturated heterocycles. The summed E-state index contributed by atoms with van der Waals surface area (Å²) in [5, 5.41) is 0. The van der Waals surface area contributed by atoms with Crippen LogP contribution in [0.5, 0.6) is 0 Å². The zero-order valence-electron chi connectivity index (χ0n) is 9.29. The normalized spacial score (nSPS) is 37.5. The molecule has 0 spiro atoms. The van der Waals surface area contributed by atoms with E-state index >= 15 is 0 Å². The lowest BCUT2D eigenvalue weighted by Gasteiger charge is -2.23. The van der Waals surface area contributed by atoms with Gasteiger partial charge in [-0.3, -0.25) is 0 Å². The largest absolute Gasteiger partial charge is 0.356 e. The van der Waals surface area contributed by atoms with Gasteiger partial charge in [-0.1, -0.05) is 35.9 Å². The van der Waals surface area contributed by atoms with E-state index in [0.29, 0.717) is 0 Å². The number of fused-ring (bicyclic) bond motifs is 2. The molecule has 78 valence electrons. The van der Waals surface area contributed by atoms with Gasteiger partial charge in [-0.05, 0) is 38.3 Å². The first-order valence-corrected chi connectivity index (χ1v) is 5.60. The second kappa shape index (κ2) is 2.73. The van der Waals surface area contributed by atoms with Crippen LogP contribution in [-0.4, -0.2) is 5.60 Å². The van der Waals surface area contributed by atoms with E-state index in [4.69, 9.17) is 4.74 Å². The Hall–Kier alpha value is -1.08. The predicted molar refractivity (Wildman–Crippen MR) is 60.7 cm³/mol. The number of rotatable bonds is 1. The van der Waals surface area contributed by atoms with Crippen LogP contribution in [0.4, 0.5) is 0 Å². The smallest absolute Gasteiger partial charge is 0.113 e. The van der Waals surface area contributed by atoms with Gasteiger partial charge in [0, 0.05) is 0 Å². The SMILES string of the molecule is Cc1ccc(C23C=CC(C)(CC2)O3)cc1. The minimum Gasteiger partial charge on any atom is -0.356 e. The van der Waals surface area contributed by atoms with Crippen molar-refractivity contribution in [2.45, 2.75) is 37.9 Å². The van der Waals surface area contributed by atoms with Gasteiger partial charge in [-0.2, -0.15) is 0 Å². The van der Waals surface area contributed by atoms with Gasteiger partial charge in [0.2, 0.25) is 0 Å². The summed E-state index contributed by atoms with van der Waals surface area (Å²) in [6.07, 6.45) is 6.71. The molecule has 15 heavy (non-hydrogen) atoms. The van der Waals surface area contributed by atoms with Gasteiger partial charge in [0.25, 0.3) is 0 Å². The highest BCUT2D eigenvalue weighted by atomic mass is 16.5. The molecule has 3 rings (SSSR count). The zero-order valence-corrected chi connectivity index (χ0v) is 9.29. The fourth-order valence-corrected chi connectivity index (χ4v) is 2.63. The molecule has 1 fully saturated rings. The molecule has 0 radical (unpaired) electrons. The highest BCUT2D eigenvalue weighted by molar-refractivity contribution is 5.36. The molecule has 1 nitrogen and oxygen atoms in total. The maximum Gasteiger partial charge on any atom is 0.113 e. The van der Waals surface area contributed by atoms with Crippen molar-refractivity contribution in [2.24, 2.45) is 0 Å². The molecule has 2 aliphatic heterocycles. The van der Waals surface area contributed by atoms with Gasteiger partial charge in [-0.15, -0.1) is 0 Å². The molecule has 2 aliphatic rings. The van der Waals surface area contributed by atoms with E-state index in [9.17, 15) is 0 Å². The quantitative estimate of drug-likeness (QED) is 0.632. The Balaban J connectivity index is 2.02. The van der Waals surface area contributed by atoms with Crippen LogP contribution < -0.4 is 0 Å². The van der Waals surface area contributed by atoms with Crippen molar-refractivity contribution in [3.8, 4) is 0 Å². The molecule has 2 unspecified atom stereocenters. The molecule has 0 amide bonds. The van der Waals surface area contributed by atoms with Crippen LogP contribution in [0.3, 0.4) is 0 Å². The second-order valence-electron chi connectivity index (χ2n) is 5.00. The summed E-state index contributed by atoms with van der Waals surface area (Å²) in [7, 11) is 0. The van der Waals surface area contributed by atoms with E-state index in [1.165, 1.54) is 11.1 Å². The summed E-state index contributed by atoms with van der Waals surface area (Å²) < 4.78 is 6.16. The zero-order chi connectivity index (χ0) is 10.5. The van der Waals surface area contributed by atoms with Crippen molar-refractivity contribution in [2.75, 3.05) is 0 Å². The summed E-state index contributed by atoms with van der Waals surface area (Å²) in [6, 6.07) is 8.71. The summed E-state index contributed by atoms with van der Waals surface area (Å²) in [5.74, 6) is 0. The lowest BCUT2D eigenvalue weighted by atomic mass is 9.85. The predicted octanol–water partition coefficient (Wildman–Crippen LogP) is 3.33. The van der Waals surface area contributed by atoms with Gasteiger partial charge < -0.3 is 4.74 Å². The first-order valence-electron chi connectivity index (χ1n) is 5.60. The fraction of sp³-hybridized carbons (Fsp3) is 0.429. The van der Waals surface area contributed by atoms with Crippen molar-refractivity contribution in [3.63, 3.8) is 0 Å². The first kappa shape index (κ1) is 9.17. The molecule has 1 heteroatoms. The number of hydrogen-bond donors (Lipinski definition) is 0. The molecule has 0 saturated carbocycles. The third-order valence-corrected chi connectivity index (χ3v) is 3.65. The number of ether oxygens (including phenoxy) is 1. The Morgan fingerprint density at radius 2 is 1.80 bits per heavy atom. The Morgan fingerprint density at radius 1 is 1.07 bits per heavy atom. The highest BCUT2D eigenvalue weighted by Gasteiger charge is 2.49. The van der Waals surface area contributed by atoms with E-state index in [1.807, 2.05) is 0 Å². The van der Waals surface area contributed by atoms with E-state index < -0.39 is 0 Å². The molecule has 2 heterocycles. The standard InChI is InChI=1S/C14H16O/c1-11-3-5-12(6-4-11)14-9-7-13(2,15-14)8-10-14/h3-7,9H,8,10H2,1-2H3. The number of hydrogen-bond acceptors (Lipinski definition) is 1. The van der Waals surface area contributed by atoms with Crippen molar-refractivity contribution < 1.29 is 4.74 Å². The van der Waals surface area contributed by atoms with Crippen molar-refractivity contribution >= 4 is 0 Å². The van der Waals surface area contributed by atoms with E-state index in [-0.39, 0.29) is 11.2 Å². The maximum absolute atomic E-state index is 6.16. The average molecular weight is 200 g/mol. The van der Waals surface area contributed by atoms with Crippen molar-refractivity contribution in [1.29, 1.82) is 0 Å². The van der Waals surface area contributed by atoms with Gasteiger partial charge in [-0.25, -0.2) is 0 Å². The molecule has 1 aromatic carbocycles. The van der Waals surface area contributed by atoms with Crippen LogP contribution in [0.25, 0.3) is 0 Å². The Morgan fingerprint density at radius 3 is 2.27 bits per heavy atom. The van der Waals surface area contributed by atoms with Crippen molar-refractivity contribution in [3.05, 3.63) is 47.5 Å². The minimum atomic E-state index is -0.123. The third kappa shape index (κ3) is 1.26. The van der Waals surface area contributed by atoms with Crippen molar-refractivity contribution in [1.82, 2.24) is 0 Å². The average Bonchev–Trinajstić information content (AvgIpc) is 2.73. The van der Waals surface area contributed by atoms with Crippen LogP contribution in [-0.2, 0) is 10.3 Å². The van der Waals surface area contributed by atoms with Gasteiger partial charge in [0.15, 0.2) is 0 Å². The molecule has 0 aliphatic carbocycles. The highest BCUT2D eigenvalue weighted by Crippen LogP contribution is 2.51. The van der Waals surface area contributed by atoms with E-state index in [0.717, 1.165) is 12.8 Å². The monoisotopic (exact) mass is 200 g/mol. The van der Waals surface area contributed by atoms with E-state index in [2.05, 4.69) is 50.3 Å². The van der Waals surface area contributed by atoms with Gasteiger partial charge in [0.1, 0.15) is 5.60 Å². The second-order valence-corrected chi connectivity index (χ2v) is 5.00. The number of benzene rings is 1. The molecular weight excluding hydrogens is 184 g/mol. The first-order chi connectivity index (χ1) is 7.12. The molecule has 2 bridgehead atoms. The lowest BCUT2D eigenvalue weighted by molar-refractivity contribution is -0.0245. The van der Waals surface area contributed by atoms with Crippen LogP contribution in [0.1, 0.15) is 30.9 Å². The van der Waals surface area contributed by atoms with Crippen LogP contribution in [0.15, 0.2) is 36.4 Å². The molecule has 0 N–H and O–H groups in total. The summed E-state index contributed by atoms with van der Waals surface area (Å²) >= 11 is 0. The fourth-order valence-electron chi connectivity index (χ4n) is 2.63. The summed E-state index contributed by atoms with van der Waals surface area (Å²) in [4.78, 5) is 0. The minimum absolute atomic E-state index is 0.00904. The Kier molecular flexibility index (Phi) is 1.67. The van der Waals surface area contributed by atoms with E-state index in [1.54, 1.807) is 0 Å². The Bertz CT molecular complexity index is 417. The Labute approximate surface area is 90.8 Å². The number of aryl methyl sites for hydroxylation is 1. The topological polar surface area (TPSA) is 9.23 Å². The van der Waals surface area contributed by atoms with Gasteiger partial charge >= 0.3 is 0 Å².